The van der Waals surface area contributed by atoms with Gasteiger partial charge in [-0.05, 0) is 18.7 Å². The Bertz CT molecular complexity index is 984. The molecule has 6 nitrogen and oxygen atoms in total. The predicted octanol–water partition coefficient (Wildman–Crippen LogP) is 3.71. The second kappa shape index (κ2) is 9.43. The van der Waals surface area contributed by atoms with Crippen molar-refractivity contribution in [1.82, 2.24) is 20.3 Å². The average Bonchev–Trinajstić information content (AvgIpc) is 3.27. The molecule has 1 aliphatic rings. The Labute approximate surface area is 181 Å². The Balaban J connectivity index is 1.48. The maximum atomic E-state index is 12.8. The number of hydrogen-bond donors (Lipinski definition) is 1. The van der Waals surface area contributed by atoms with E-state index in [1.807, 2.05) is 54.6 Å². The van der Waals surface area contributed by atoms with Gasteiger partial charge in [0.1, 0.15) is 0 Å². The van der Waals surface area contributed by atoms with E-state index in [0.717, 1.165) is 37.3 Å². The number of rotatable bonds is 6. The number of carbonyl (C=O) groups is 1. The quantitative estimate of drug-likeness (QED) is 0.653. The van der Waals surface area contributed by atoms with Gasteiger partial charge in [-0.2, -0.15) is 0 Å². The zero-order valence-corrected chi connectivity index (χ0v) is 17.7. The van der Waals surface area contributed by atoms with Crippen LogP contribution in [-0.2, 0) is 0 Å². The molecule has 3 aromatic rings. The molecule has 1 amide bonds. The number of amides is 1. The Morgan fingerprint density at radius 3 is 2.53 bits per heavy atom. The Kier molecular flexibility index (Phi) is 6.47. The molecule has 0 saturated carbocycles. The molecule has 30 heavy (non-hydrogen) atoms. The highest BCUT2D eigenvalue weighted by Crippen LogP contribution is 2.28. The molecule has 2 aromatic carbocycles. The van der Waals surface area contributed by atoms with Gasteiger partial charge in [-0.15, -0.1) is 0 Å². The van der Waals surface area contributed by atoms with Gasteiger partial charge in [0.25, 0.3) is 5.91 Å². The van der Waals surface area contributed by atoms with E-state index in [4.69, 9.17) is 16.1 Å². The molecule has 2 heterocycles. The summed E-state index contributed by atoms with van der Waals surface area (Å²) in [6.07, 6.45) is 0. The van der Waals surface area contributed by atoms with Crippen LogP contribution in [0.1, 0.15) is 22.1 Å². The normalized spacial score (nSPS) is 16.3. The molecule has 1 aliphatic heterocycles. The molecule has 7 heteroatoms. The van der Waals surface area contributed by atoms with Gasteiger partial charge in [-0.25, -0.2) is 0 Å². The van der Waals surface area contributed by atoms with Crippen LogP contribution in [-0.4, -0.2) is 60.6 Å². The van der Waals surface area contributed by atoms with E-state index in [0.29, 0.717) is 17.3 Å². The largest absolute Gasteiger partial charge is 0.355 e. The number of piperazine rings is 1. The van der Waals surface area contributed by atoms with Crippen molar-refractivity contribution < 1.29 is 9.32 Å². The van der Waals surface area contributed by atoms with Crippen LogP contribution in [0, 0.1) is 0 Å². The van der Waals surface area contributed by atoms with Crippen LogP contribution in [0.15, 0.2) is 65.2 Å². The monoisotopic (exact) mass is 424 g/mol. The van der Waals surface area contributed by atoms with Crippen LogP contribution in [0.5, 0.6) is 0 Å². The second-order valence-electron chi connectivity index (χ2n) is 7.53. The average molecular weight is 425 g/mol. The minimum absolute atomic E-state index is 0.00292. The fourth-order valence-electron chi connectivity index (χ4n) is 3.72. The molecule has 0 radical (unpaired) electrons. The highest BCUT2D eigenvalue weighted by molar-refractivity contribution is 6.31. The number of nitrogens with one attached hydrogen (secondary N) is 1. The molecular weight excluding hydrogens is 400 g/mol. The summed E-state index contributed by atoms with van der Waals surface area (Å²) in [6.45, 7) is 4.26. The minimum atomic E-state index is -0.257. The van der Waals surface area contributed by atoms with Gasteiger partial charge in [-0.1, -0.05) is 65.3 Å². The molecular formula is C23H25ClN4O2. The Morgan fingerprint density at radius 2 is 1.80 bits per heavy atom. The summed E-state index contributed by atoms with van der Waals surface area (Å²) < 4.78 is 5.36. The summed E-state index contributed by atoms with van der Waals surface area (Å²) in [5, 5.41) is 7.68. The highest BCUT2D eigenvalue weighted by atomic mass is 35.5. The summed E-state index contributed by atoms with van der Waals surface area (Å²) in [7, 11) is 2.12. The molecule has 0 aliphatic carbocycles. The molecule has 0 unspecified atom stereocenters. The third-order valence-corrected chi connectivity index (χ3v) is 5.84. The first-order valence-electron chi connectivity index (χ1n) is 10.1. The zero-order valence-electron chi connectivity index (χ0n) is 16.9. The summed E-state index contributed by atoms with van der Waals surface area (Å²) in [5.41, 5.74) is 2.18. The standard InChI is InChI=1S/C23H25ClN4O2/c1-27-11-13-28(14-12-27)21(18-9-5-6-10-19(18)24)16-25-23(29)20-15-22(30-26-20)17-7-3-2-4-8-17/h2-10,15,21H,11-14,16H2,1H3,(H,25,29)/t21-/m0/s1. The third-order valence-electron chi connectivity index (χ3n) is 5.50. The number of carbonyl (C=O) groups excluding carboxylic acids is 1. The molecule has 1 fully saturated rings. The molecule has 1 atom stereocenters. The number of halogens is 1. The zero-order chi connectivity index (χ0) is 20.9. The molecule has 156 valence electrons. The van der Waals surface area contributed by atoms with Crippen molar-refractivity contribution in [2.24, 2.45) is 0 Å². The van der Waals surface area contributed by atoms with E-state index < -0.39 is 0 Å². The number of nitrogens with zero attached hydrogens (tertiary/aromatic N) is 3. The van der Waals surface area contributed by atoms with E-state index in [9.17, 15) is 4.79 Å². The molecule has 1 saturated heterocycles. The summed E-state index contributed by atoms with van der Waals surface area (Å²) in [4.78, 5) is 17.4. The van der Waals surface area contributed by atoms with Crippen molar-refractivity contribution in [3.05, 3.63) is 76.9 Å². The van der Waals surface area contributed by atoms with Crippen LogP contribution in [0.3, 0.4) is 0 Å². The van der Waals surface area contributed by atoms with Crippen LogP contribution in [0.2, 0.25) is 5.02 Å². The van der Waals surface area contributed by atoms with Crippen molar-refractivity contribution in [3.8, 4) is 11.3 Å². The molecule has 0 spiro atoms. The second-order valence-corrected chi connectivity index (χ2v) is 7.94. The maximum Gasteiger partial charge on any atom is 0.273 e. The van der Waals surface area contributed by atoms with Gasteiger partial charge in [0.05, 0.1) is 6.04 Å². The van der Waals surface area contributed by atoms with Crippen molar-refractivity contribution in [1.29, 1.82) is 0 Å². The van der Waals surface area contributed by atoms with Crippen molar-refractivity contribution >= 4 is 17.5 Å². The predicted molar refractivity (Wildman–Crippen MR) is 118 cm³/mol. The highest BCUT2D eigenvalue weighted by Gasteiger charge is 2.26. The van der Waals surface area contributed by atoms with Crippen LogP contribution in [0.4, 0.5) is 0 Å². The third kappa shape index (κ3) is 4.73. The molecule has 1 N–H and O–H groups in total. The van der Waals surface area contributed by atoms with E-state index in [2.05, 4.69) is 27.3 Å². The van der Waals surface area contributed by atoms with Crippen molar-refractivity contribution in [2.75, 3.05) is 39.8 Å². The lowest BCUT2D eigenvalue weighted by molar-refractivity contribution is 0.0879. The number of benzene rings is 2. The fourth-order valence-corrected chi connectivity index (χ4v) is 3.98. The lowest BCUT2D eigenvalue weighted by Gasteiger charge is -2.38. The molecule has 0 bridgehead atoms. The van der Waals surface area contributed by atoms with Crippen LogP contribution < -0.4 is 5.32 Å². The smallest absolute Gasteiger partial charge is 0.273 e. The first-order valence-corrected chi connectivity index (χ1v) is 10.5. The Morgan fingerprint density at radius 1 is 1.10 bits per heavy atom. The van der Waals surface area contributed by atoms with Gasteiger partial charge in [0.15, 0.2) is 11.5 Å². The summed E-state index contributed by atoms with van der Waals surface area (Å²) in [6, 6.07) is 19.1. The number of hydrogen-bond acceptors (Lipinski definition) is 5. The summed E-state index contributed by atoms with van der Waals surface area (Å²) >= 11 is 6.49. The van der Waals surface area contributed by atoms with Gasteiger partial charge >= 0.3 is 0 Å². The van der Waals surface area contributed by atoms with Crippen molar-refractivity contribution in [3.63, 3.8) is 0 Å². The molecule has 4 rings (SSSR count). The summed E-state index contributed by atoms with van der Waals surface area (Å²) in [5.74, 6) is 0.314. The molecule has 1 aromatic heterocycles. The van der Waals surface area contributed by atoms with E-state index in [-0.39, 0.29) is 17.6 Å². The van der Waals surface area contributed by atoms with E-state index in [1.165, 1.54) is 0 Å². The topological polar surface area (TPSA) is 61.6 Å². The van der Waals surface area contributed by atoms with Gasteiger partial charge in [-0.3, -0.25) is 9.69 Å². The van der Waals surface area contributed by atoms with Crippen LogP contribution in [0.25, 0.3) is 11.3 Å². The van der Waals surface area contributed by atoms with Crippen molar-refractivity contribution in [2.45, 2.75) is 6.04 Å². The van der Waals surface area contributed by atoms with E-state index in [1.54, 1.807) is 6.07 Å². The fraction of sp³-hybridized carbons (Fsp3) is 0.304. The maximum absolute atomic E-state index is 12.8. The van der Waals surface area contributed by atoms with Gasteiger partial charge in [0, 0.05) is 49.4 Å². The van der Waals surface area contributed by atoms with Gasteiger partial charge in [0.2, 0.25) is 0 Å². The lowest BCUT2D eigenvalue weighted by Crippen LogP contribution is -2.48. The Hall–Kier alpha value is -2.67. The van der Waals surface area contributed by atoms with E-state index >= 15 is 0 Å². The van der Waals surface area contributed by atoms with Gasteiger partial charge < -0.3 is 14.7 Å². The first kappa shape index (κ1) is 20.6. The number of likely N-dealkylation sites (N-methyl/N-ethyl adjacent to an activating group) is 1. The lowest BCUT2D eigenvalue weighted by atomic mass is 10.0. The van der Waals surface area contributed by atoms with Crippen LogP contribution >= 0.6 is 11.6 Å². The SMILES string of the molecule is CN1CCN([C@@H](CNC(=O)c2cc(-c3ccccc3)on2)c2ccccc2Cl)CC1. The minimum Gasteiger partial charge on any atom is -0.355 e. The first-order chi connectivity index (χ1) is 14.6. The number of aromatic nitrogens is 1.